The minimum Gasteiger partial charge on any atom is -0.378 e. The van der Waals surface area contributed by atoms with Crippen LogP contribution < -0.4 is 11.1 Å². The van der Waals surface area contributed by atoms with E-state index in [1.165, 1.54) is 0 Å². The summed E-state index contributed by atoms with van der Waals surface area (Å²) < 4.78 is 0. The van der Waals surface area contributed by atoms with Crippen LogP contribution in [-0.4, -0.2) is 23.6 Å². The number of benzene rings is 1. The lowest BCUT2D eigenvalue weighted by Gasteiger charge is -2.15. The smallest absolute Gasteiger partial charge is 0.253 e. The standard InChI is InChI=1S/C11H16N2O2/c1-8(7-12)13-11(15)10(14)9-5-3-2-4-6-9/h2-6,8,10,14H,7,12H2,1H3,(H,13,15). The maximum atomic E-state index is 11.5. The van der Waals surface area contributed by atoms with Crippen molar-refractivity contribution >= 4 is 5.91 Å². The summed E-state index contributed by atoms with van der Waals surface area (Å²) in [5, 5.41) is 12.3. The predicted molar refractivity (Wildman–Crippen MR) is 58.1 cm³/mol. The van der Waals surface area contributed by atoms with Crippen LogP contribution in [0.3, 0.4) is 0 Å². The van der Waals surface area contributed by atoms with E-state index < -0.39 is 12.0 Å². The molecule has 0 aliphatic heterocycles. The molecule has 4 nitrogen and oxygen atoms in total. The van der Waals surface area contributed by atoms with Gasteiger partial charge < -0.3 is 16.2 Å². The number of carbonyl (C=O) groups excluding carboxylic acids is 1. The van der Waals surface area contributed by atoms with Crippen LogP contribution >= 0.6 is 0 Å². The average Bonchev–Trinajstić information content (AvgIpc) is 2.29. The molecule has 82 valence electrons. The fourth-order valence-corrected chi connectivity index (χ4v) is 1.17. The molecule has 4 N–H and O–H groups in total. The maximum absolute atomic E-state index is 11.5. The minimum atomic E-state index is -1.12. The van der Waals surface area contributed by atoms with Gasteiger partial charge in [-0.2, -0.15) is 0 Å². The van der Waals surface area contributed by atoms with E-state index in [-0.39, 0.29) is 6.04 Å². The zero-order valence-electron chi connectivity index (χ0n) is 8.68. The molecule has 2 atom stereocenters. The Kier molecular flexibility index (Phi) is 4.27. The van der Waals surface area contributed by atoms with Gasteiger partial charge in [0.05, 0.1) is 0 Å². The maximum Gasteiger partial charge on any atom is 0.253 e. The first kappa shape index (κ1) is 11.7. The predicted octanol–water partition coefficient (Wildman–Crippen LogP) is 0.183. The number of nitrogens with one attached hydrogen (secondary N) is 1. The molecule has 0 fully saturated rings. The molecule has 0 aliphatic carbocycles. The second-order valence-corrected chi connectivity index (χ2v) is 3.46. The van der Waals surface area contributed by atoms with Crippen molar-refractivity contribution in [3.05, 3.63) is 35.9 Å². The van der Waals surface area contributed by atoms with Crippen molar-refractivity contribution in [2.75, 3.05) is 6.54 Å². The molecular weight excluding hydrogens is 192 g/mol. The Balaban J connectivity index is 2.61. The number of aliphatic hydroxyl groups excluding tert-OH is 1. The first-order valence-electron chi connectivity index (χ1n) is 4.88. The molecule has 0 radical (unpaired) electrons. The van der Waals surface area contributed by atoms with Crippen LogP contribution in [0.1, 0.15) is 18.6 Å². The minimum absolute atomic E-state index is 0.129. The van der Waals surface area contributed by atoms with E-state index in [9.17, 15) is 9.90 Å². The third kappa shape index (κ3) is 3.34. The van der Waals surface area contributed by atoms with Crippen LogP contribution in [0, 0.1) is 0 Å². The summed E-state index contributed by atoms with van der Waals surface area (Å²) in [5.41, 5.74) is 5.95. The number of hydrogen-bond acceptors (Lipinski definition) is 3. The SMILES string of the molecule is CC(CN)NC(=O)C(O)c1ccccc1. The van der Waals surface area contributed by atoms with Crippen molar-refractivity contribution in [2.45, 2.75) is 19.1 Å². The largest absolute Gasteiger partial charge is 0.378 e. The van der Waals surface area contributed by atoms with Gasteiger partial charge in [0.15, 0.2) is 6.10 Å². The van der Waals surface area contributed by atoms with Gasteiger partial charge in [-0.15, -0.1) is 0 Å². The van der Waals surface area contributed by atoms with E-state index in [1.54, 1.807) is 31.2 Å². The van der Waals surface area contributed by atoms with Crippen molar-refractivity contribution in [3.8, 4) is 0 Å². The van der Waals surface area contributed by atoms with Crippen LogP contribution in [0.4, 0.5) is 0 Å². The quantitative estimate of drug-likeness (QED) is 0.661. The summed E-state index contributed by atoms with van der Waals surface area (Å²) in [4.78, 5) is 11.5. The van der Waals surface area contributed by atoms with Crippen molar-refractivity contribution in [2.24, 2.45) is 5.73 Å². The number of hydrogen-bond donors (Lipinski definition) is 3. The van der Waals surface area contributed by atoms with Crippen molar-refractivity contribution in [1.82, 2.24) is 5.32 Å². The molecule has 0 aromatic heterocycles. The van der Waals surface area contributed by atoms with Gasteiger partial charge in [-0.05, 0) is 12.5 Å². The fourth-order valence-electron chi connectivity index (χ4n) is 1.17. The van der Waals surface area contributed by atoms with E-state index in [1.807, 2.05) is 6.07 Å². The van der Waals surface area contributed by atoms with Gasteiger partial charge in [-0.1, -0.05) is 30.3 Å². The van der Waals surface area contributed by atoms with Crippen LogP contribution in [0.15, 0.2) is 30.3 Å². The molecule has 1 rings (SSSR count). The zero-order chi connectivity index (χ0) is 11.3. The lowest BCUT2D eigenvalue weighted by Crippen LogP contribution is -2.40. The molecule has 15 heavy (non-hydrogen) atoms. The topological polar surface area (TPSA) is 75.3 Å². The van der Waals surface area contributed by atoms with Gasteiger partial charge in [-0.25, -0.2) is 0 Å². The van der Waals surface area contributed by atoms with E-state index in [0.29, 0.717) is 12.1 Å². The fraction of sp³-hybridized carbons (Fsp3) is 0.364. The van der Waals surface area contributed by atoms with Gasteiger partial charge in [0.2, 0.25) is 0 Å². The monoisotopic (exact) mass is 208 g/mol. The van der Waals surface area contributed by atoms with Gasteiger partial charge in [-0.3, -0.25) is 4.79 Å². The molecule has 0 saturated carbocycles. The summed E-state index contributed by atoms with van der Waals surface area (Å²) in [6.45, 7) is 2.14. The Hall–Kier alpha value is -1.39. The summed E-state index contributed by atoms with van der Waals surface area (Å²) in [6, 6.07) is 8.66. The molecular formula is C11H16N2O2. The highest BCUT2D eigenvalue weighted by atomic mass is 16.3. The Bertz CT molecular complexity index is 314. The van der Waals surface area contributed by atoms with Crippen LogP contribution in [0.5, 0.6) is 0 Å². The van der Waals surface area contributed by atoms with Gasteiger partial charge in [0.25, 0.3) is 5.91 Å². The normalized spacial score (nSPS) is 14.3. The zero-order valence-corrected chi connectivity index (χ0v) is 8.68. The van der Waals surface area contributed by atoms with E-state index in [4.69, 9.17) is 5.73 Å². The molecule has 1 aromatic carbocycles. The third-order valence-corrected chi connectivity index (χ3v) is 2.11. The highest BCUT2D eigenvalue weighted by Gasteiger charge is 2.17. The summed E-state index contributed by atoms with van der Waals surface area (Å²) >= 11 is 0. The summed E-state index contributed by atoms with van der Waals surface area (Å²) in [6.07, 6.45) is -1.12. The second kappa shape index (κ2) is 5.48. The number of carbonyl (C=O) groups is 1. The van der Waals surface area contributed by atoms with E-state index >= 15 is 0 Å². The molecule has 0 saturated heterocycles. The summed E-state index contributed by atoms with van der Waals surface area (Å²) in [7, 11) is 0. The van der Waals surface area contributed by atoms with E-state index in [0.717, 1.165) is 0 Å². The number of amides is 1. The van der Waals surface area contributed by atoms with Crippen molar-refractivity contribution < 1.29 is 9.90 Å². The molecule has 0 bridgehead atoms. The van der Waals surface area contributed by atoms with Crippen molar-refractivity contribution in [1.29, 1.82) is 0 Å². The number of aliphatic hydroxyl groups is 1. The highest BCUT2D eigenvalue weighted by molar-refractivity contribution is 5.82. The molecule has 1 amide bonds. The lowest BCUT2D eigenvalue weighted by molar-refractivity contribution is -0.130. The average molecular weight is 208 g/mol. The first-order valence-corrected chi connectivity index (χ1v) is 4.88. The molecule has 1 aromatic rings. The van der Waals surface area contributed by atoms with Gasteiger partial charge >= 0.3 is 0 Å². The van der Waals surface area contributed by atoms with Crippen molar-refractivity contribution in [3.63, 3.8) is 0 Å². The molecule has 4 heteroatoms. The molecule has 0 aliphatic rings. The van der Waals surface area contributed by atoms with E-state index in [2.05, 4.69) is 5.32 Å². The Morgan fingerprint density at radius 3 is 2.60 bits per heavy atom. The third-order valence-electron chi connectivity index (χ3n) is 2.11. The second-order valence-electron chi connectivity index (χ2n) is 3.46. The Labute approximate surface area is 89.1 Å². The van der Waals surface area contributed by atoms with Gasteiger partial charge in [0.1, 0.15) is 0 Å². The Morgan fingerprint density at radius 1 is 1.47 bits per heavy atom. The molecule has 2 unspecified atom stereocenters. The number of rotatable bonds is 4. The molecule has 0 heterocycles. The first-order chi connectivity index (χ1) is 7.15. The lowest BCUT2D eigenvalue weighted by atomic mass is 10.1. The Morgan fingerprint density at radius 2 is 2.07 bits per heavy atom. The van der Waals surface area contributed by atoms with Crippen LogP contribution in [-0.2, 0) is 4.79 Å². The highest BCUT2D eigenvalue weighted by Crippen LogP contribution is 2.11. The summed E-state index contributed by atoms with van der Waals surface area (Å²) in [5.74, 6) is -0.417. The van der Waals surface area contributed by atoms with Crippen LogP contribution in [0.25, 0.3) is 0 Å². The molecule has 0 spiro atoms. The number of nitrogens with two attached hydrogens (primary N) is 1. The van der Waals surface area contributed by atoms with Gasteiger partial charge in [0, 0.05) is 12.6 Å². The van der Waals surface area contributed by atoms with Crippen LogP contribution in [0.2, 0.25) is 0 Å².